The van der Waals surface area contributed by atoms with Crippen molar-refractivity contribution in [2.45, 2.75) is 49.5 Å². The van der Waals surface area contributed by atoms with Gasteiger partial charge in [0.15, 0.2) is 0 Å². The number of aliphatic hydroxyl groups excluding tert-OH is 1. The summed E-state index contributed by atoms with van der Waals surface area (Å²) in [6, 6.07) is 5.04. The number of hydrogen-bond acceptors (Lipinski definition) is 3. The molecule has 0 saturated heterocycles. The molecule has 20 heavy (non-hydrogen) atoms. The highest BCUT2D eigenvalue weighted by molar-refractivity contribution is 7.99. The lowest BCUT2D eigenvalue weighted by molar-refractivity contribution is 0.165. The zero-order valence-corrected chi connectivity index (χ0v) is 12.7. The second-order valence-corrected chi connectivity index (χ2v) is 6.68. The molecule has 1 aromatic carbocycles. The first kappa shape index (κ1) is 15.8. The Labute approximate surface area is 124 Å². The molecule has 1 atom stereocenters. The van der Waals surface area contributed by atoms with E-state index in [1.165, 1.54) is 38.2 Å². The normalized spacial score (nSPS) is 18.1. The molecule has 1 unspecified atom stereocenters. The van der Waals surface area contributed by atoms with Gasteiger partial charge >= 0.3 is 0 Å². The average molecular weight is 297 g/mol. The van der Waals surface area contributed by atoms with E-state index in [4.69, 9.17) is 5.73 Å². The molecule has 1 aliphatic rings. The van der Waals surface area contributed by atoms with E-state index in [9.17, 15) is 9.50 Å². The largest absolute Gasteiger partial charge is 0.388 e. The Balaban J connectivity index is 1.95. The number of thioether (sulfide) groups is 1. The maximum absolute atomic E-state index is 13.7. The zero-order chi connectivity index (χ0) is 14.4. The number of halogens is 1. The van der Waals surface area contributed by atoms with Gasteiger partial charge in [0, 0.05) is 16.2 Å². The topological polar surface area (TPSA) is 46.2 Å². The summed E-state index contributed by atoms with van der Waals surface area (Å²) in [5, 5.41) is 9.91. The second-order valence-electron chi connectivity index (χ2n) is 5.59. The van der Waals surface area contributed by atoms with Crippen molar-refractivity contribution in [2.24, 2.45) is 11.7 Å². The van der Waals surface area contributed by atoms with Gasteiger partial charge in [0.1, 0.15) is 5.82 Å². The fourth-order valence-corrected chi connectivity index (χ4v) is 3.88. The van der Waals surface area contributed by atoms with Gasteiger partial charge in [-0.1, -0.05) is 19.3 Å². The van der Waals surface area contributed by atoms with Crippen molar-refractivity contribution in [3.63, 3.8) is 0 Å². The molecule has 0 heterocycles. The molecule has 3 N–H and O–H groups in total. The molecule has 1 saturated carbocycles. The summed E-state index contributed by atoms with van der Waals surface area (Å²) in [4.78, 5) is 1.04. The highest BCUT2D eigenvalue weighted by Crippen LogP contribution is 2.31. The van der Waals surface area contributed by atoms with E-state index in [0.717, 1.165) is 16.6 Å². The van der Waals surface area contributed by atoms with E-state index in [1.54, 1.807) is 17.8 Å². The van der Waals surface area contributed by atoms with Crippen molar-refractivity contribution >= 4 is 11.8 Å². The Morgan fingerprint density at radius 1 is 1.30 bits per heavy atom. The van der Waals surface area contributed by atoms with Crippen LogP contribution in [0.4, 0.5) is 4.39 Å². The fraction of sp³-hybridized carbons (Fsp3) is 0.625. The lowest BCUT2D eigenvalue weighted by atomic mass is 9.91. The molecular formula is C16H24FNOS. The van der Waals surface area contributed by atoms with Gasteiger partial charge in [-0.15, -0.1) is 11.8 Å². The third-order valence-electron chi connectivity index (χ3n) is 3.98. The molecule has 4 heteroatoms. The third-order valence-corrected chi connectivity index (χ3v) is 5.20. The van der Waals surface area contributed by atoms with Crippen molar-refractivity contribution in [1.29, 1.82) is 0 Å². The highest BCUT2D eigenvalue weighted by Gasteiger charge is 2.16. The molecular weight excluding hydrogens is 273 g/mol. The molecule has 112 valence electrons. The van der Waals surface area contributed by atoms with Gasteiger partial charge in [0.2, 0.25) is 0 Å². The third kappa shape index (κ3) is 4.47. The van der Waals surface area contributed by atoms with Crippen LogP contribution in [0.3, 0.4) is 0 Å². The van der Waals surface area contributed by atoms with Gasteiger partial charge in [0.05, 0.1) is 6.10 Å². The van der Waals surface area contributed by atoms with Gasteiger partial charge < -0.3 is 10.8 Å². The van der Waals surface area contributed by atoms with Crippen LogP contribution in [-0.4, -0.2) is 17.4 Å². The lowest BCUT2D eigenvalue weighted by Crippen LogP contribution is -2.09. The highest BCUT2D eigenvalue weighted by atomic mass is 32.2. The minimum Gasteiger partial charge on any atom is -0.388 e. The number of benzene rings is 1. The van der Waals surface area contributed by atoms with Gasteiger partial charge in [-0.05, 0) is 49.9 Å². The maximum atomic E-state index is 13.7. The molecule has 2 nitrogen and oxygen atoms in total. The van der Waals surface area contributed by atoms with E-state index in [0.29, 0.717) is 18.5 Å². The van der Waals surface area contributed by atoms with E-state index < -0.39 is 6.10 Å². The lowest BCUT2D eigenvalue weighted by Gasteiger charge is -2.21. The van der Waals surface area contributed by atoms with Crippen LogP contribution >= 0.6 is 11.8 Å². The molecule has 0 bridgehead atoms. The van der Waals surface area contributed by atoms with Crippen LogP contribution < -0.4 is 5.73 Å². The molecule has 1 fully saturated rings. The molecule has 0 aromatic heterocycles. The number of aliphatic hydroxyl groups is 1. The van der Waals surface area contributed by atoms with Crippen molar-refractivity contribution < 1.29 is 9.50 Å². The summed E-state index contributed by atoms with van der Waals surface area (Å²) in [6.07, 6.45) is 6.29. The number of nitrogens with two attached hydrogens (primary N) is 1. The van der Waals surface area contributed by atoms with E-state index in [-0.39, 0.29) is 5.82 Å². The van der Waals surface area contributed by atoms with E-state index >= 15 is 0 Å². The van der Waals surface area contributed by atoms with Crippen LogP contribution in [0.25, 0.3) is 0 Å². The van der Waals surface area contributed by atoms with Crippen molar-refractivity contribution in [2.75, 3.05) is 12.3 Å². The molecule has 0 spiro atoms. The van der Waals surface area contributed by atoms with Crippen LogP contribution in [0.15, 0.2) is 23.1 Å². The number of rotatable bonds is 6. The zero-order valence-electron chi connectivity index (χ0n) is 11.9. The standard InChI is InChI=1S/C16H24FNOS/c17-15-7-6-13(10-14(15)16(19)8-9-18)20-11-12-4-2-1-3-5-12/h6-7,10,12,16,19H,1-5,8-9,11,18H2. The Hall–Kier alpha value is -0.580. The van der Waals surface area contributed by atoms with Crippen LogP contribution in [0.2, 0.25) is 0 Å². The molecule has 1 aromatic rings. The van der Waals surface area contributed by atoms with Crippen LogP contribution in [0.5, 0.6) is 0 Å². The summed E-state index contributed by atoms with van der Waals surface area (Å²) in [7, 11) is 0. The van der Waals surface area contributed by atoms with Crippen LogP contribution in [-0.2, 0) is 0 Å². The Morgan fingerprint density at radius 3 is 2.75 bits per heavy atom. The Bertz CT molecular complexity index is 421. The summed E-state index contributed by atoms with van der Waals surface area (Å²) in [5.74, 6) is 1.54. The van der Waals surface area contributed by atoms with Crippen LogP contribution in [0.1, 0.15) is 50.2 Å². The molecule has 2 rings (SSSR count). The summed E-state index contributed by atoms with van der Waals surface area (Å²) in [5.41, 5.74) is 5.80. The first-order chi connectivity index (χ1) is 9.70. The van der Waals surface area contributed by atoms with Crippen molar-refractivity contribution in [3.05, 3.63) is 29.6 Å². The van der Waals surface area contributed by atoms with Crippen molar-refractivity contribution in [1.82, 2.24) is 0 Å². The SMILES string of the molecule is NCCC(O)c1cc(SCC2CCCCC2)ccc1F. The predicted molar refractivity (Wildman–Crippen MR) is 82.3 cm³/mol. The first-order valence-corrected chi connectivity index (χ1v) is 8.49. The Kier molecular flexibility index (Phi) is 6.33. The minimum atomic E-state index is -0.796. The quantitative estimate of drug-likeness (QED) is 0.783. The summed E-state index contributed by atoms with van der Waals surface area (Å²) >= 11 is 1.78. The smallest absolute Gasteiger partial charge is 0.129 e. The fourth-order valence-electron chi connectivity index (χ4n) is 2.75. The predicted octanol–water partition coefficient (Wildman–Crippen LogP) is 3.88. The monoisotopic (exact) mass is 297 g/mol. The van der Waals surface area contributed by atoms with Crippen molar-refractivity contribution in [3.8, 4) is 0 Å². The summed E-state index contributed by atoms with van der Waals surface area (Å²) < 4.78 is 13.7. The molecule has 0 aliphatic heterocycles. The number of hydrogen-bond donors (Lipinski definition) is 2. The van der Waals surface area contributed by atoms with Gasteiger partial charge in [-0.25, -0.2) is 4.39 Å². The molecule has 1 aliphatic carbocycles. The molecule has 0 amide bonds. The second kappa shape index (κ2) is 8.01. The van der Waals surface area contributed by atoms with Crippen LogP contribution in [0, 0.1) is 11.7 Å². The Morgan fingerprint density at radius 2 is 2.05 bits per heavy atom. The minimum absolute atomic E-state index is 0.340. The maximum Gasteiger partial charge on any atom is 0.129 e. The van der Waals surface area contributed by atoms with Gasteiger partial charge in [-0.2, -0.15) is 0 Å². The van der Waals surface area contributed by atoms with E-state index in [2.05, 4.69) is 0 Å². The van der Waals surface area contributed by atoms with E-state index in [1.807, 2.05) is 6.07 Å². The average Bonchev–Trinajstić information content (AvgIpc) is 2.47. The first-order valence-electron chi connectivity index (χ1n) is 7.51. The van der Waals surface area contributed by atoms with Gasteiger partial charge in [-0.3, -0.25) is 0 Å². The summed E-state index contributed by atoms with van der Waals surface area (Å²) in [6.45, 7) is 0.361. The van der Waals surface area contributed by atoms with Gasteiger partial charge in [0.25, 0.3) is 0 Å². The molecule has 0 radical (unpaired) electrons.